The molecule has 0 saturated carbocycles. The van der Waals surface area contributed by atoms with Crippen molar-refractivity contribution in [2.24, 2.45) is 0 Å². The molecule has 0 aromatic heterocycles. The number of halogens is 1. The van der Waals surface area contributed by atoms with Crippen molar-refractivity contribution in [1.82, 2.24) is 5.32 Å². The van der Waals surface area contributed by atoms with Crippen LogP contribution in [0.15, 0.2) is 48.5 Å². The van der Waals surface area contributed by atoms with Crippen LogP contribution in [-0.2, 0) is 16.0 Å². The fourth-order valence-electron chi connectivity index (χ4n) is 3.21. The van der Waals surface area contributed by atoms with Crippen molar-refractivity contribution >= 4 is 23.2 Å². The first-order valence-corrected chi connectivity index (χ1v) is 10.4. The molecule has 2 unspecified atom stereocenters. The summed E-state index contributed by atoms with van der Waals surface area (Å²) < 4.78 is 11.5. The van der Waals surface area contributed by atoms with E-state index in [4.69, 9.17) is 21.1 Å². The van der Waals surface area contributed by atoms with Gasteiger partial charge in [0.1, 0.15) is 12.0 Å². The van der Waals surface area contributed by atoms with Crippen LogP contribution in [0.5, 0.6) is 5.75 Å². The SMILES string of the molecule is CCCOC(C)N(c1cccc(Cl)c1)C(C)Cc1ccc(OCC(=O)NC)cc1. The lowest BCUT2D eigenvalue weighted by atomic mass is 10.0. The van der Waals surface area contributed by atoms with Gasteiger partial charge in [0, 0.05) is 30.4 Å². The van der Waals surface area contributed by atoms with E-state index in [0.717, 1.165) is 18.5 Å². The van der Waals surface area contributed by atoms with E-state index in [1.165, 1.54) is 5.56 Å². The number of carbonyl (C=O) groups excluding carboxylic acids is 1. The number of hydrogen-bond donors (Lipinski definition) is 1. The second kappa shape index (κ2) is 11.7. The van der Waals surface area contributed by atoms with Crippen molar-refractivity contribution in [1.29, 1.82) is 0 Å². The lowest BCUT2D eigenvalue weighted by Crippen LogP contribution is -2.43. The zero-order valence-electron chi connectivity index (χ0n) is 17.7. The second-order valence-electron chi connectivity index (χ2n) is 7.02. The number of hydrogen-bond acceptors (Lipinski definition) is 4. The molecule has 2 rings (SSSR count). The number of nitrogens with one attached hydrogen (secondary N) is 1. The van der Waals surface area contributed by atoms with Gasteiger partial charge in [0.25, 0.3) is 5.91 Å². The smallest absolute Gasteiger partial charge is 0.257 e. The number of anilines is 1. The quantitative estimate of drug-likeness (QED) is 0.538. The van der Waals surface area contributed by atoms with Crippen LogP contribution in [0.25, 0.3) is 0 Å². The first-order valence-electron chi connectivity index (χ1n) is 10.0. The summed E-state index contributed by atoms with van der Waals surface area (Å²) in [5.74, 6) is 0.525. The molecule has 0 radical (unpaired) electrons. The molecule has 0 saturated heterocycles. The zero-order valence-corrected chi connectivity index (χ0v) is 18.4. The van der Waals surface area contributed by atoms with Gasteiger partial charge < -0.3 is 19.7 Å². The van der Waals surface area contributed by atoms with E-state index in [-0.39, 0.29) is 24.8 Å². The largest absolute Gasteiger partial charge is 0.484 e. The molecule has 158 valence electrons. The minimum Gasteiger partial charge on any atom is -0.484 e. The molecule has 5 nitrogen and oxygen atoms in total. The Morgan fingerprint density at radius 3 is 2.52 bits per heavy atom. The maximum atomic E-state index is 11.3. The zero-order chi connectivity index (χ0) is 21.2. The lowest BCUT2D eigenvalue weighted by Gasteiger charge is -2.36. The molecule has 0 aliphatic rings. The Labute approximate surface area is 179 Å². The maximum Gasteiger partial charge on any atom is 0.257 e. The average Bonchev–Trinajstić information content (AvgIpc) is 2.71. The Morgan fingerprint density at radius 2 is 1.90 bits per heavy atom. The third kappa shape index (κ3) is 7.26. The number of nitrogens with zero attached hydrogens (tertiary/aromatic N) is 1. The molecule has 0 heterocycles. The Kier molecular flexibility index (Phi) is 9.29. The van der Waals surface area contributed by atoms with Crippen LogP contribution in [0, 0.1) is 0 Å². The maximum absolute atomic E-state index is 11.3. The highest BCUT2D eigenvalue weighted by atomic mass is 35.5. The van der Waals surface area contributed by atoms with Crippen molar-refractivity contribution in [3.8, 4) is 5.75 Å². The van der Waals surface area contributed by atoms with E-state index in [1.807, 2.05) is 42.5 Å². The third-order valence-corrected chi connectivity index (χ3v) is 4.87. The number of benzene rings is 2. The summed E-state index contributed by atoms with van der Waals surface area (Å²) in [6, 6.07) is 15.9. The molecule has 29 heavy (non-hydrogen) atoms. The molecule has 0 bridgehead atoms. The Balaban J connectivity index is 2.10. The predicted octanol–water partition coefficient (Wildman–Crippen LogP) is 4.68. The van der Waals surface area contributed by atoms with E-state index in [2.05, 4.69) is 37.1 Å². The van der Waals surface area contributed by atoms with Gasteiger partial charge in [-0.15, -0.1) is 0 Å². The van der Waals surface area contributed by atoms with Crippen LogP contribution in [0.3, 0.4) is 0 Å². The molecule has 0 fully saturated rings. The van der Waals surface area contributed by atoms with Crippen LogP contribution < -0.4 is 15.0 Å². The minimum atomic E-state index is -0.152. The highest BCUT2D eigenvalue weighted by Crippen LogP contribution is 2.26. The van der Waals surface area contributed by atoms with Gasteiger partial charge in [-0.3, -0.25) is 4.79 Å². The van der Waals surface area contributed by atoms with E-state index < -0.39 is 0 Å². The molecule has 0 aliphatic carbocycles. The van der Waals surface area contributed by atoms with Crippen LogP contribution in [0.4, 0.5) is 5.69 Å². The number of carbonyl (C=O) groups is 1. The molecule has 1 N–H and O–H groups in total. The number of ether oxygens (including phenoxy) is 2. The fourth-order valence-corrected chi connectivity index (χ4v) is 3.40. The molecule has 2 aromatic carbocycles. The molecular formula is C23H31ClN2O3. The minimum absolute atomic E-state index is 0.0150. The van der Waals surface area contributed by atoms with Crippen molar-refractivity contribution in [3.63, 3.8) is 0 Å². The number of rotatable bonds is 11. The summed E-state index contributed by atoms with van der Waals surface area (Å²) in [5.41, 5.74) is 2.22. The Bertz CT molecular complexity index is 767. The van der Waals surface area contributed by atoms with Gasteiger partial charge in [-0.05, 0) is 62.6 Å². The van der Waals surface area contributed by atoms with Gasteiger partial charge in [-0.1, -0.05) is 36.7 Å². The normalized spacial score (nSPS) is 12.9. The lowest BCUT2D eigenvalue weighted by molar-refractivity contribution is -0.122. The second-order valence-corrected chi connectivity index (χ2v) is 7.45. The van der Waals surface area contributed by atoms with Crippen molar-refractivity contribution in [3.05, 3.63) is 59.1 Å². The predicted molar refractivity (Wildman–Crippen MR) is 119 cm³/mol. The molecular weight excluding hydrogens is 388 g/mol. The van der Waals surface area contributed by atoms with Crippen molar-refractivity contribution in [2.75, 3.05) is 25.2 Å². The van der Waals surface area contributed by atoms with Crippen LogP contribution >= 0.6 is 11.6 Å². The first-order chi connectivity index (χ1) is 13.9. The Morgan fingerprint density at radius 1 is 1.17 bits per heavy atom. The molecule has 2 atom stereocenters. The summed E-state index contributed by atoms with van der Waals surface area (Å²) >= 11 is 6.23. The van der Waals surface area contributed by atoms with E-state index in [9.17, 15) is 4.79 Å². The van der Waals surface area contributed by atoms with E-state index >= 15 is 0 Å². The highest BCUT2D eigenvalue weighted by Gasteiger charge is 2.22. The summed E-state index contributed by atoms with van der Waals surface area (Å²) in [7, 11) is 1.59. The standard InChI is InChI=1S/C23H31ClN2O3/c1-5-13-28-18(3)26(21-8-6-7-20(24)15-21)17(2)14-19-9-11-22(12-10-19)29-16-23(27)25-4/h6-12,15,17-18H,5,13-14,16H2,1-4H3,(H,25,27). The highest BCUT2D eigenvalue weighted by molar-refractivity contribution is 6.30. The van der Waals surface area contributed by atoms with E-state index in [0.29, 0.717) is 17.4 Å². The molecule has 6 heteroatoms. The van der Waals surface area contributed by atoms with Crippen molar-refractivity contribution in [2.45, 2.75) is 45.9 Å². The molecule has 0 aliphatic heterocycles. The van der Waals surface area contributed by atoms with Gasteiger partial charge in [0.05, 0.1) is 0 Å². The van der Waals surface area contributed by atoms with Crippen LogP contribution in [0.1, 0.15) is 32.8 Å². The van der Waals surface area contributed by atoms with E-state index in [1.54, 1.807) is 7.05 Å². The number of likely N-dealkylation sites (N-methyl/N-ethyl adjacent to an activating group) is 1. The molecule has 2 aromatic rings. The molecule has 0 spiro atoms. The van der Waals surface area contributed by atoms with Crippen LogP contribution in [0.2, 0.25) is 5.02 Å². The fraction of sp³-hybridized carbons (Fsp3) is 0.435. The van der Waals surface area contributed by atoms with Gasteiger partial charge in [-0.2, -0.15) is 0 Å². The van der Waals surface area contributed by atoms with Crippen LogP contribution in [-0.4, -0.2) is 38.4 Å². The van der Waals surface area contributed by atoms with Gasteiger partial charge >= 0.3 is 0 Å². The van der Waals surface area contributed by atoms with Crippen molar-refractivity contribution < 1.29 is 14.3 Å². The van der Waals surface area contributed by atoms with Gasteiger partial charge in [-0.25, -0.2) is 0 Å². The monoisotopic (exact) mass is 418 g/mol. The average molecular weight is 419 g/mol. The topological polar surface area (TPSA) is 50.8 Å². The summed E-state index contributed by atoms with van der Waals surface area (Å²) in [6.07, 6.45) is 1.74. The number of amides is 1. The van der Waals surface area contributed by atoms with Gasteiger partial charge in [0.2, 0.25) is 0 Å². The first kappa shape index (κ1) is 23.0. The summed E-state index contributed by atoms with van der Waals surface area (Å²) in [6.45, 7) is 7.09. The summed E-state index contributed by atoms with van der Waals surface area (Å²) in [5, 5.41) is 3.25. The third-order valence-electron chi connectivity index (χ3n) is 4.64. The van der Waals surface area contributed by atoms with Gasteiger partial charge in [0.15, 0.2) is 6.61 Å². The molecule has 1 amide bonds. The Hall–Kier alpha value is -2.24. The summed E-state index contributed by atoms with van der Waals surface area (Å²) in [4.78, 5) is 13.6.